The molecule has 0 bridgehead atoms. The van der Waals surface area contributed by atoms with Crippen LogP contribution < -0.4 is 0 Å². The van der Waals surface area contributed by atoms with E-state index in [1.54, 1.807) is 0 Å². The maximum absolute atomic E-state index is 4.58. The maximum Gasteiger partial charge on any atom is 0.0890 e. The van der Waals surface area contributed by atoms with Gasteiger partial charge in [0.15, 0.2) is 0 Å². The van der Waals surface area contributed by atoms with Crippen molar-refractivity contribution >= 4 is 34.6 Å². The van der Waals surface area contributed by atoms with Gasteiger partial charge in [-0.3, -0.25) is 0 Å². The molecule has 4 rings (SSSR count). The van der Waals surface area contributed by atoms with Crippen molar-refractivity contribution in [2.75, 3.05) is 0 Å². The van der Waals surface area contributed by atoms with E-state index >= 15 is 0 Å². The molecule has 2 heterocycles. The molecule has 1 N–H and O–H groups in total. The molecule has 126 valence electrons. The standard InChI is InChI=1S/C21H21N3S/c1-14-8-7-11-16-18(14)23-19-17(12-21(2,3)25-20(16)19)24-22-13-15-9-5-4-6-10-15/h4-11,13,23H,12H2,1-3H3. The summed E-state index contributed by atoms with van der Waals surface area (Å²) >= 11 is 1.93. The minimum absolute atomic E-state index is 0.104. The van der Waals surface area contributed by atoms with E-state index in [9.17, 15) is 0 Å². The molecule has 1 aliphatic rings. The van der Waals surface area contributed by atoms with Crippen LogP contribution in [-0.4, -0.2) is 21.7 Å². The Kier molecular flexibility index (Phi) is 4.00. The third-order valence-corrected chi connectivity index (χ3v) is 5.76. The minimum atomic E-state index is 0.104. The van der Waals surface area contributed by atoms with Crippen LogP contribution in [0, 0.1) is 6.92 Å². The van der Waals surface area contributed by atoms with Crippen molar-refractivity contribution < 1.29 is 0 Å². The maximum atomic E-state index is 4.58. The zero-order valence-electron chi connectivity index (χ0n) is 14.7. The SMILES string of the molecule is Cc1cccc2c3c([nH]c12)C(=NN=Cc1ccccc1)CC(C)(C)S3. The molecule has 1 aromatic heterocycles. The highest BCUT2D eigenvalue weighted by Crippen LogP contribution is 2.46. The van der Waals surface area contributed by atoms with Crippen molar-refractivity contribution in [1.82, 2.24) is 4.98 Å². The van der Waals surface area contributed by atoms with E-state index in [4.69, 9.17) is 0 Å². The number of hydrogen-bond acceptors (Lipinski definition) is 3. The topological polar surface area (TPSA) is 40.5 Å². The zero-order chi connectivity index (χ0) is 17.4. The summed E-state index contributed by atoms with van der Waals surface area (Å²) < 4.78 is 0.104. The van der Waals surface area contributed by atoms with Crippen molar-refractivity contribution in [3.05, 3.63) is 65.4 Å². The summed E-state index contributed by atoms with van der Waals surface area (Å²) in [6.07, 6.45) is 2.71. The number of para-hydroxylation sites is 1. The molecule has 0 unspecified atom stereocenters. The molecular formula is C21H21N3S. The number of aromatic amines is 1. The van der Waals surface area contributed by atoms with Gasteiger partial charge in [0.05, 0.1) is 23.1 Å². The van der Waals surface area contributed by atoms with E-state index in [1.807, 2.05) is 48.3 Å². The van der Waals surface area contributed by atoms with Crippen molar-refractivity contribution in [1.29, 1.82) is 0 Å². The quantitative estimate of drug-likeness (QED) is 0.477. The van der Waals surface area contributed by atoms with Gasteiger partial charge in [-0.2, -0.15) is 10.2 Å². The van der Waals surface area contributed by atoms with Crippen LogP contribution in [0.15, 0.2) is 63.6 Å². The highest BCUT2D eigenvalue weighted by molar-refractivity contribution is 8.01. The number of hydrogen-bond donors (Lipinski definition) is 1. The van der Waals surface area contributed by atoms with Crippen LogP contribution in [-0.2, 0) is 0 Å². The molecule has 0 spiro atoms. The number of benzene rings is 2. The highest BCUT2D eigenvalue weighted by Gasteiger charge is 2.33. The first-order chi connectivity index (χ1) is 12.0. The zero-order valence-corrected chi connectivity index (χ0v) is 15.5. The van der Waals surface area contributed by atoms with Gasteiger partial charge in [-0.15, -0.1) is 11.8 Å². The number of nitrogens with one attached hydrogen (secondary N) is 1. The van der Waals surface area contributed by atoms with E-state index in [1.165, 1.54) is 21.4 Å². The first kappa shape index (κ1) is 16.2. The van der Waals surface area contributed by atoms with Gasteiger partial charge in [-0.1, -0.05) is 48.5 Å². The number of nitrogens with zero attached hydrogens (tertiary/aromatic N) is 2. The Bertz CT molecular complexity index is 981. The second-order valence-electron chi connectivity index (χ2n) is 7.07. The molecular weight excluding hydrogens is 326 g/mol. The van der Waals surface area contributed by atoms with E-state index in [0.29, 0.717) is 0 Å². The lowest BCUT2D eigenvalue weighted by Crippen LogP contribution is -2.25. The number of fused-ring (bicyclic) bond motifs is 3. The van der Waals surface area contributed by atoms with Crippen LogP contribution in [0.25, 0.3) is 10.9 Å². The van der Waals surface area contributed by atoms with Gasteiger partial charge >= 0.3 is 0 Å². The second kappa shape index (κ2) is 6.19. The predicted octanol–water partition coefficient (Wildman–Crippen LogP) is 5.57. The molecule has 4 heteroatoms. The van der Waals surface area contributed by atoms with Gasteiger partial charge in [-0.05, 0) is 31.9 Å². The Hall–Kier alpha value is -2.33. The van der Waals surface area contributed by atoms with Crippen molar-refractivity contribution in [3.8, 4) is 0 Å². The normalized spacial score (nSPS) is 18.1. The van der Waals surface area contributed by atoms with Crippen LogP contribution in [0.1, 0.15) is 37.1 Å². The molecule has 0 fully saturated rings. The third-order valence-electron chi connectivity index (χ3n) is 4.44. The van der Waals surface area contributed by atoms with Gasteiger partial charge in [0.25, 0.3) is 0 Å². The molecule has 3 aromatic rings. The van der Waals surface area contributed by atoms with Gasteiger partial charge in [0, 0.05) is 21.4 Å². The van der Waals surface area contributed by atoms with Crippen LogP contribution in [0.4, 0.5) is 0 Å². The van der Waals surface area contributed by atoms with E-state index in [0.717, 1.165) is 23.4 Å². The summed E-state index contributed by atoms with van der Waals surface area (Å²) in [6, 6.07) is 16.5. The van der Waals surface area contributed by atoms with Crippen LogP contribution in [0.3, 0.4) is 0 Å². The number of thioether (sulfide) groups is 1. The van der Waals surface area contributed by atoms with Gasteiger partial charge in [0.1, 0.15) is 0 Å². The molecule has 0 aliphatic carbocycles. The summed E-state index contributed by atoms with van der Waals surface area (Å²) in [5, 5.41) is 10.2. The molecule has 0 atom stereocenters. The average Bonchev–Trinajstić information content (AvgIpc) is 2.95. The van der Waals surface area contributed by atoms with Crippen molar-refractivity contribution in [3.63, 3.8) is 0 Å². The largest absolute Gasteiger partial charge is 0.352 e. The molecule has 0 amide bonds. The summed E-state index contributed by atoms with van der Waals surface area (Å²) in [4.78, 5) is 4.89. The first-order valence-corrected chi connectivity index (χ1v) is 9.31. The molecule has 25 heavy (non-hydrogen) atoms. The fourth-order valence-electron chi connectivity index (χ4n) is 3.24. The molecule has 0 saturated carbocycles. The summed E-state index contributed by atoms with van der Waals surface area (Å²) in [5.41, 5.74) is 5.68. The van der Waals surface area contributed by atoms with Gasteiger partial charge in [0.2, 0.25) is 0 Å². The van der Waals surface area contributed by atoms with E-state index < -0.39 is 0 Å². The third kappa shape index (κ3) is 3.14. The summed E-state index contributed by atoms with van der Waals surface area (Å²) in [7, 11) is 0. The number of aromatic nitrogens is 1. The lowest BCUT2D eigenvalue weighted by Gasteiger charge is -2.29. The first-order valence-electron chi connectivity index (χ1n) is 8.49. The smallest absolute Gasteiger partial charge is 0.0890 e. The average molecular weight is 347 g/mol. The molecule has 1 aliphatic heterocycles. The Balaban J connectivity index is 1.79. The monoisotopic (exact) mass is 347 g/mol. The van der Waals surface area contributed by atoms with Crippen LogP contribution >= 0.6 is 11.8 Å². The fraction of sp³-hybridized carbons (Fsp3) is 0.238. The fourth-order valence-corrected chi connectivity index (χ4v) is 4.55. The minimum Gasteiger partial charge on any atom is -0.352 e. The lowest BCUT2D eigenvalue weighted by atomic mass is 10.0. The van der Waals surface area contributed by atoms with E-state index in [-0.39, 0.29) is 4.75 Å². The van der Waals surface area contributed by atoms with E-state index in [2.05, 4.69) is 54.2 Å². The number of H-pyrrole nitrogens is 1. The second-order valence-corrected chi connectivity index (χ2v) is 8.78. The van der Waals surface area contributed by atoms with Crippen molar-refractivity contribution in [2.24, 2.45) is 10.2 Å². The Morgan fingerprint density at radius 2 is 1.88 bits per heavy atom. The molecule has 2 aromatic carbocycles. The Labute approximate surface area is 152 Å². The van der Waals surface area contributed by atoms with Crippen LogP contribution in [0.5, 0.6) is 0 Å². The number of rotatable bonds is 2. The molecule has 3 nitrogen and oxygen atoms in total. The summed E-state index contributed by atoms with van der Waals surface area (Å²) in [5.74, 6) is 0. The lowest BCUT2D eigenvalue weighted by molar-refractivity contribution is 0.737. The molecule has 0 radical (unpaired) electrons. The number of aryl methyl sites for hydroxylation is 1. The van der Waals surface area contributed by atoms with Gasteiger partial charge in [-0.25, -0.2) is 0 Å². The predicted molar refractivity (Wildman–Crippen MR) is 108 cm³/mol. The Morgan fingerprint density at radius 3 is 2.68 bits per heavy atom. The summed E-state index contributed by atoms with van der Waals surface area (Å²) in [6.45, 7) is 6.68. The molecule has 0 saturated heterocycles. The highest BCUT2D eigenvalue weighted by atomic mass is 32.2. The Morgan fingerprint density at radius 1 is 1.08 bits per heavy atom. The van der Waals surface area contributed by atoms with Crippen molar-refractivity contribution in [2.45, 2.75) is 36.8 Å². The van der Waals surface area contributed by atoms with Gasteiger partial charge < -0.3 is 4.98 Å². The van der Waals surface area contributed by atoms with Crippen LogP contribution in [0.2, 0.25) is 0 Å².